The minimum Gasteiger partial charge on any atom is -0.272 e. The molecule has 0 aliphatic heterocycles. The molecule has 3 nitrogen and oxygen atoms in total. The fourth-order valence-electron chi connectivity index (χ4n) is 1.20. The van der Waals surface area contributed by atoms with Crippen molar-refractivity contribution < 1.29 is 0 Å². The molecule has 12 heavy (non-hydrogen) atoms. The molecule has 2 rings (SSSR count). The Morgan fingerprint density at radius 3 is 3.00 bits per heavy atom. The third-order valence-corrected chi connectivity index (χ3v) is 2.42. The van der Waals surface area contributed by atoms with Crippen molar-refractivity contribution in [2.24, 2.45) is 7.05 Å². The van der Waals surface area contributed by atoms with E-state index in [4.69, 9.17) is 0 Å². The van der Waals surface area contributed by atoms with E-state index in [1.165, 1.54) is 0 Å². The van der Waals surface area contributed by atoms with Gasteiger partial charge in [0.25, 0.3) is 0 Å². The minimum absolute atomic E-state index is 0.853. The van der Waals surface area contributed by atoms with E-state index in [1.807, 2.05) is 24.7 Å². The Morgan fingerprint density at radius 1 is 1.50 bits per heavy atom. The van der Waals surface area contributed by atoms with Crippen molar-refractivity contribution in [2.45, 2.75) is 6.92 Å². The van der Waals surface area contributed by atoms with Gasteiger partial charge in [-0.05, 0) is 28.9 Å². The maximum Gasteiger partial charge on any atom is 0.111 e. The Bertz CT molecular complexity index is 433. The van der Waals surface area contributed by atoms with E-state index in [1.54, 1.807) is 6.20 Å². The number of aromatic nitrogens is 3. The Balaban J connectivity index is 2.88. The molecule has 0 saturated carbocycles. The second kappa shape index (κ2) is 2.55. The van der Waals surface area contributed by atoms with Gasteiger partial charge in [0.2, 0.25) is 0 Å². The summed E-state index contributed by atoms with van der Waals surface area (Å²) in [4.78, 5) is 4.10. The molecule has 0 aromatic carbocycles. The molecule has 0 radical (unpaired) electrons. The van der Waals surface area contributed by atoms with Crippen molar-refractivity contribution in [3.05, 3.63) is 22.6 Å². The lowest BCUT2D eigenvalue weighted by atomic mass is 10.3. The second-order valence-corrected chi connectivity index (χ2v) is 3.55. The highest BCUT2D eigenvalue weighted by Crippen LogP contribution is 2.18. The zero-order chi connectivity index (χ0) is 8.72. The monoisotopic (exact) mass is 225 g/mol. The van der Waals surface area contributed by atoms with E-state index >= 15 is 0 Å². The molecule has 0 aliphatic carbocycles. The molecule has 0 atom stereocenters. The largest absolute Gasteiger partial charge is 0.272 e. The van der Waals surface area contributed by atoms with Crippen LogP contribution in [0.5, 0.6) is 0 Å². The van der Waals surface area contributed by atoms with Crippen molar-refractivity contribution in [1.29, 1.82) is 0 Å². The van der Waals surface area contributed by atoms with E-state index in [0.29, 0.717) is 0 Å². The molecular weight excluding hydrogens is 218 g/mol. The van der Waals surface area contributed by atoms with E-state index in [-0.39, 0.29) is 0 Å². The zero-order valence-corrected chi connectivity index (χ0v) is 8.46. The van der Waals surface area contributed by atoms with Crippen molar-refractivity contribution in [3.8, 4) is 0 Å². The molecule has 62 valence electrons. The summed E-state index contributed by atoms with van der Waals surface area (Å²) >= 11 is 3.33. The first-order chi connectivity index (χ1) is 5.68. The Hall–Kier alpha value is -0.900. The summed E-state index contributed by atoms with van der Waals surface area (Å²) in [6.45, 7) is 2.04. The van der Waals surface area contributed by atoms with Gasteiger partial charge in [-0.2, -0.15) is 5.10 Å². The zero-order valence-electron chi connectivity index (χ0n) is 6.87. The highest BCUT2D eigenvalue weighted by Gasteiger charge is 2.04. The molecule has 0 aliphatic rings. The smallest absolute Gasteiger partial charge is 0.111 e. The molecule has 2 aromatic heterocycles. The topological polar surface area (TPSA) is 30.7 Å². The van der Waals surface area contributed by atoms with Gasteiger partial charge in [0.15, 0.2) is 0 Å². The number of hydrogen-bond acceptors (Lipinski definition) is 2. The predicted octanol–water partition coefficient (Wildman–Crippen LogP) is 2.04. The van der Waals surface area contributed by atoms with Gasteiger partial charge in [-0.3, -0.25) is 4.68 Å². The fourth-order valence-corrected chi connectivity index (χ4v) is 1.53. The van der Waals surface area contributed by atoms with Gasteiger partial charge in [0.1, 0.15) is 10.1 Å². The summed E-state index contributed by atoms with van der Waals surface area (Å²) in [5.41, 5.74) is 2.10. The molecule has 0 unspecified atom stereocenters. The lowest BCUT2D eigenvalue weighted by Gasteiger charge is -1.91. The van der Waals surface area contributed by atoms with E-state index in [9.17, 15) is 0 Å². The predicted molar refractivity (Wildman–Crippen MR) is 50.9 cm³/mol. The van der Waals surface area contributed by atoms with Crippen LogP contribution >= 0.6 is 15.9 Å². The van der Waals surface area contributed by atoms with Crippen LogP contribution in [0.1, 0.15) is 5.69 Å². The van der Waals surface area contributed by atoms with Gasteiger partial charge in [-0.15, -0.1) is 0 Å². The second-order valence-electron chi connectivity index (χ2n) is 2.73. The Kier molecular flexibility index (Phi) is 1.65. The first kappa shape index (κ1) is 7.73. The molecule has 0 saturated heterocycles. The molecule has 0 spiro atoms. The average Bonchev–Trinajstić information content (AvgIpc) is 2.31. The van der Waals surface area contributed by atoms with Crippen LogP contribution in [-0.4, -0.2) is 14.8 Å². The average molecular weight is 226 g/mol. The van der Waals surface area contributed by atoms with Crippen LogP contribution in [0.3, 0.4) is 0 Å². The summed E-state index contributed by atoms with van der Waals surface area (Å²) in [6.07, 6.45) is 1.77. The molecule has 2 heterocycles. The third kappa shape index (κ3) is 1.03. The van der Waals surface area contributed by atoms with Crippen LogP contribution in [0.2, 0.25) is 0 Å². The van der Waals surface area contributed by atoms with E-state index < -0.39 is 0 Å². The van der Waals surface area contributed by atoms with Crippen LogP contribution < -0.4 is 0 Å². The summed E-state index contributed by atoms with van der Waals surface area (Å²) in [5.74, 6) is 0. The normalized spacial score (nSPS) is 10.9. The number of hydrogen-bond donors (Lipinski definition) is 0. The number of fused-ring (bicyclic) bond motifs is 1. The van der Waals surface area contributed by atoms with E-state index in [2.05, 4.69) is 26.0 Å². The van der Waals surface area contributed by atoms with Gasteiger partial charge >= 0.3 is 0 Å². The summed E-state index contributed by atoms with van der Waals surface area (Å²) in [5, 5.41) is 5.44. The lowest BCUT2D eigenvalue weighted by Crippen LogP contribution is -1.91. The van der Waals surface area contributed by atoms with Crippen molar-refractivity contribution in [3.63, 3.8) is 0 Å². The number of halogens is 1. The standard InChI is InChI=1S/C8H8BrN3/c1-5-6-3-8(9)10-4-7(6)11-12(5)2/h3-4H,1-2H3. The maximum absolute atomic E-state index is 4.29. The molecule has 0 fully saturated rings. The SMILES string of the molecule is Cc1c2cc(Br)ncc2nn1C. The maximum atomic E-state index is 4.29. The number of pyridine rings is 1. The first-order valence-corrected chi connectivity index (χ1v) is 4.42. The fraction of sp³-hybridized carbons (Fsp3) is 0.250. The molecule has 0 bridgehead atoms. The highest BCUT2D eigenvalue weighted by atomic mass is 79.9. The van der Waals surface area contributed by atoms with Crippen molar-refractivity contribution >= 4 is 26.8 Å². The van der Waals surface area contributed by atoms with Crippen LogP contribution in [0.25, 0.3) is 10.9 Å². The number of nitrogens with zero attached hydrogens (tertiary/aromatic N) is 3. The van der Waals surface area contributed by atoms with Crippen molar-refractivity contribution in [1.82, 2.24) is 14.8 Å². The lowest BCUT2D eigenvalue weighted by molar-refractivity contribution is 0.751. The first-order valence-electron chi connectivity index (χ1n) is 3.63. The van der Waals surface area contributed by atoms with Gasteiger partial charge in [0.05, 0.1) is 6.20 Å². The summed E-state index contributed by atoms with van der Waals surface area (Å²) < 4.78 is 2.71. The molecule has 0 N–H and O–H groups in total. The van der Waals surface area contributed by atoms with Gasteiger partial charge < -0.3 is 0 Å². The van der Waals surface area contributed by atoms with Crippen LogP contribution in [0, 0.1) is 6.92 Å². The van der Waals surface area contributed by atoms with Gasteiger partial charge in [-0.1, -0.05) is 0 Å². The van der Waals surface area contributed by atoms with Gasteiger partial charge in [-0.25, -0.2) is 4.98 Å². The number of rotatable bonds is 0. The number of aryl methyl sites for hydroxylation is 2. The van der Waals surface area contributed by atoms with E-state index in [0.717, 1.165) is 21.2 Å². The van der Waals surface area contributed by atoms with Crippen LogP contribution in [0.15, 0.2) is 16.9 Å². The molecular formula is C8H8BrN3. The van der Waals surface area contributed by atoms with Crippen LogP contribution in [0.4, 0.5) is 0 Å². The third-order valence-electron chi connectivity index (χ3n) is 1.98. The van der Waals surface area contributed by atoms with Gasteiger partial charge in [0, 0.05) is 18.1 Å². The quantitative estimate of drug-likeness (QED) is 0.643. The van der Waals surface area contributed by atoms with Crippen LogP contribution in [-0.2, 0) is 7.05 Å². The molecule has 0 amide bonds. The highest BCUT2D eigenvalue weighted by molar-refractivity contribution is 9.10. The Morgan fingerprint density at radius 2 is 2.25 bits per heavy atom. The minimum atomic E-state index is 0.853. The Labute approximate surface area is 78.5 Å². The summed E-state index contributed by atoms with van der Waals surface area (Å²) in [7, 11) is 1.93. The molecule has 2 aromatic rings. The summed E-state index contributed by atoms with van der Waals surface area (Å²) in [6, 6.07) is 1.98. The van der Waals surface area contributed by atoms with Crippen molar-refractivity contribution in [2.75, 3.05) is 0 Å². The molecule has 4 heteroatoms.